The molecular weight excluding hydrogens is 470 g/mol. The van der Waals surface area contributed by atoms with Crippen LogP contribution >= 0.6 is 0 Å². The smallest absolute Gasteiger partial charge is 0.260 e. The van der Waals surface area contributed by atoms with Crippen molar-refractivity contribution in [1.82, 2.24) is 9.97 Å². The van der Waals surface area contributed by atoms with Gasteiger partial charge in [-0.05, 0) is 54.8 Å². The molecule has 0 saturated heterocycles. The molecule has 0 N–H and O–H groups in total. The van der Waals surface area contributed by atoms with Gasteiger partial charge >= 0.3 is 0 Å². The summed E-state index contributed by atoms with van der Waals surface area (Å²) in [5.41, 5.74) is 1.90. The Kier molecular flexibility index (Phi) is 7.56. The molecule has 36 heavy (non-hydrogen) atoms. The minimum Gasteiger partial charge on any atom is -0.481 e. The number of methoxy groups -OCH3 is 1. The normalized spacial score (nSPS) is 16.5. The number of rotatable bonds is 9. The van der Waals surface area contributed by atoms with E-state index in [1.807, 2.05) is 42.5 Å². The van der Waals surface area contributed by atoms with Crippen LogP contribution in [0.3, 0.4) is 0 Å². The summed E-state index contributed by atoms with van der Waals surface area (Å²) in [5, 5.41) is 0.845. The zero-order chi connectivity index (χ0) is 26.0. The van der Waals surface area contributed by atoms with Gasteiger partial charge in [0.1, 0.15) is 11.6 Å². The van der Waals surface area contributed by atoms with Crippen LogP contribution in [0.15, 0.2) is 48.5 Å². The first-order valence-corrected chi connectivity index (χ1v) is 14.7. The van der Waals surface area contributed by atoms with E-state index in [0.717, 1.165) is 10.9 Å². The lowest BCUT2D eigenvalue weighted by Gasteiger charge is -2.32. The average Bonchev–Trinajstić information content (AvgIpc) is 3.11. The Morgan fingerprint density at radius 1 is 1.08 bits per heavy atom. The number of Topliss-reactive ketones (excluding diaryl/α,β-unsaturated/α-hetero) is 1. The second kappa shape index (κ2) is 10.5. The molecular formula is C28H34N3O4Si. The van der Waals surface area contributed by atoms with Gasteiger partial charge in [-0.15, -0.1) is 0 Å². The average molecular weight is 505 g/mol. The maximum absolute atomic E-state index is 13.5. The molecule has 0 saturated carbocycles. The molecule has 189 valence electrons. The van der Waals surface area contributed by atoms with Gasteiger partial charge in [0, 0.05) is 29.9 Å². The first-order valence-electron chi connectivity index (χ1n) is 12.3. The van der Waals surface area contributed by atoms with Gasteiger partial charge in [-0.2, -0.15) is 4.98 Å². The van der Waals surface area contributed by atoms with E-state index < -0.39 is 15.1 Å². The summed E-state index contributed by atoms with van der Waals surface area (Å²) in [7, 11) is 0.668. The number of ether oxygens (including phenoxy) is 1. The summed E-state index contributed by atoms with van der Waals surface area (Å²) in [4.78, 5) is 37.5. The van der Waals surface area contributed by atoms with E-state index in [-0.39, 0.29) is 29.6 Å². The van der Waals surface area contributed by atoms with Crippen molar-refractivity contribution in [2.45, 2.75) is 65.3 Å². The highest BCUT2D eigenvalue weighted by Crippen LogP contribution is 2.40. The van der Waals surface area contributed by atoms with Crippen LogP contribution in [0.1, 0.15) is 62.0 Å². The van der Waals surface area contributed by atoms with Crippen LogP contribution in [0, 0.1) is 5.41 Å². The zero-order valence-corrected chi connectivity index (χ0v) is 22.9. The molecule has 2 unspecified atom stereocenters. The van der Waals surface area contributed by atoms with Crippen molar-refractivity contribution >= 4 is 37.6 Å². The molecule has 1 aliphatic heterocycles. The Morgan fingerprint density at radius 3 is 2.50 bits per heavy atom. The number of fused-ring (bicyclic) bond motifs is 2. The molecule has 3 heterocycles. The van der Waals surface area contributed by atoms with E-state index in [9.17, 15) is 9.59 Å². The van der Waals surface area contributed by atoms with Crippen LogP contribution in [0.5, 0.6) is 5.88 Å². The highest BCUT2D eigenvalue weighted by atomic mass is 28.3. The summed E-state index contributed by atoms with van der Waals surface area (Å²) in [5.74, 6) is 0.878. The van der Waals surface area contributed by atoms with Crippen molar-refractivity contribution in [2.75, 3.05) is 12.0 Å². The summed E-state index contributed by atoms with van der Waals surface area (Å²) >= 11 is 0. The number of aromatic nitrogens is 2. The van der Waals surface area contributed by atoms with Gasteiger partial charge in [0.25, 0.3) is 5.91 Å². The summed E-state index contributed by atoms with van der Waals surface area (Å²) in [6.45, 7) is 10.7. The molecule has 1 radical (unpaired) electrons. The van der Waals surface area contributed by atoms with E-state index in [4.69, 9.17) is 9.16 Å². The van der Waals surface area contributed by atoms with E-state index in [1.165, 1.54) is 0 Å². The van der Waals surface area contributed by atoms with Crippen molar-refractivity contribution < 1.29 is 18.8 Å². The molecule has 8 heteroatoms. The van der Waals surface area contributed by atoms with Gasteiger partial charge < -0.3 is 9.16 Å². The predicted octanol–water partition coefficient (Wildman–Crippen LogP) is 5.76. The Labute approximate surface area is 214 Å². The second-order valence-electron chi connectivity index (χ2n) is 10.5. The van der Waals surface area contributed by atoms with Crippen LogP contribution in [0.25, 0.3) is 11.0 Å². The standard InChI is InChI=1S/C28H34N3O4Si/c1-28(2,3)23(35-36(5)6)14-13-19(32)17-22-20-9-7-8-10-21(20)27(33)31(22)24-15-11-18-12-16-25(34-4)30-26(18)29-24/h7-12,15-16,22-23H,13-14,17H2,1-6H3. The number of carbonyl (C=O) groups excluding carboxylic acids is 2. The third-order valence-corrected chi connectivity index (χ3v) is 7.26. The topological polar surface area (TPSA) is 81.6 Å². The fraction of sp³-hybridized carbons (Fsp3) is 0.429. The molecule has 1 aromatic carbocycles. The third-order valence-electron chi connectivity index (χ3n) is 6.50. The zero-order valence-electron chi connectivity index (χ0n) is 21.9. The first kappa shape index (κ1) is 26.0. The molecule has 3 aromatic rings. The Bertz CT molecular complexity index is 1270. The Hall–Kier alpha value is -3.10. The summed E-state index contributed by atoms with van der Waals surface area (Å²) < 4.78 is 11.5. The number of hydrogen-bond donors (Lipinski definition) is 0. The first-order chi connectivity index (χ1) is 17.1. The highest BCUT2D eigenvalue weighted by Gasteiger charge is 2.39. The van der Waals surface area contributed by atoms with E-state index in [0.29, 0.717) is 35.8 Å². The molecule has 0 fully saturated rings. The number of carbonyl (C=O) groups is 2. The van der Waals surface area contributed by atoms with Crippen LogP contribution in [-0.4, -0.2) is 43.9 Å². The van der Waals surface area contributed by atoms with Gasteiger partial charge in [0.2, 0.25) is 14.9 Å². The molecule has 0 spiro atoms. The van der Waals surface area contributed by atoms with Crippen LogP contribution in [0.4, 0.5) is 5.82 Å². The highest BCUT2D eigenvalue weighted by molar-refractivity contribution is 6.48. The molecule has 1 aliphatic rings. The van der Waals surface area contributed by atoms with Gasteiger partial charge in [-0.25, -0.2) is 4.98 Å². The number of hydrogen-bond acceptors (Lipinski definition) is 6. The number of benzene rings is 1. The third kappa shape index (κ3) is 5.49. The van der Waals surface area contributed by atoms with E-state index in [2.05, 4.69) is 43.8 Å². The SMILES string of the molecule is COc1ccc2ccc(N3C(=O)c4ccccc4C3CC(=O)CCC(O[Si](C)C)C(C)(C)C)nc2n1. The van der Waals surface area contributed by atoms with Crippen LogP contribution in [0.2, 0.25) is 13.1 Å². The van der Waals surface area contributed by atoms with Crippen LogP contribution < -0.4 is 9.64 Å². The fourth-order valence-electron chi connectivity index (χ4n) is 4.64. The Morgan fingerprint density at radius 2 is 1.81 bits per heavy atom. The minimum absolute atomic E-state index is 0.0159. The summed E-state index contributed by atoms with van der Waals surface area (Å²) in [6.07, 6.45) is 1.31. The van der Waals surface area contributed by atoms with Gasteiger partial charge in [0.15, 0.2) is 5.65 Å². The van der Waals surface area contributed by atoms with Gasteiger partial charge in [-0.3, -0.25) is 14.5 Å². The second-order valence-corrected chi connectivity index (χ2v) is 12.6. The molecule has 2 aromatic heterocycles. The monoisotopic (exact) mass is 504 g/mol. The lowest BCUT2D eigenvalue weighted by Crippen LogP contribution is -2.34. The lowest BCUT2D eigenvalue weighted by atomic mass is 9.85. The molecule has 0 aliphatic carbocycles. The number of ketones is 1. The van der Waals surface area contributed by atoms with Crippen molar-refractivity contribution in [3.63, 3.8) is 0 Å². The predicted molar refractivity (Wildman–Crippen MR) is 143 cm³/mol. The number of nitrogens with zero attached hydrogens (tertiary/aromatic N) is 3. The molecule has 4 rings (SSSR count). The number of amides is 1. The van der Waals surface area contributed by atoms with E-state index >= 15 is 0 Å². The van der Waals surface area contributed by atoms with Crippen molar-refractivity contribution in [3.8, 4) is 5.88 Å². The fourth-order valence-corrected chi connectivity index (χ4v) is 5.68. The maximum Gasteiger partial charge on any atom is 0.260 e. The molecule has 7 nitrogen and oxygen atoms in total. The minimum atomic E-state index is -0.886. The van der Waals surface area contributed by atoms with Crippen molar-refractivity contribution in [1.29, 1.82) is 0 Å². The van der Waals surface area contributed by atoms with Crippen LogP contribution in [-0.2, 0) is 9.22 Å². The van der Waals surface area contributed by atoms with E-state index in [1.54, 1.807) is 18.1 Å². The molecule has 0 bridgehead atoms. The van der Waals surface area contributed by atoms with Crippen molar-refractivity contribution in [3.05, 3.63) is 59.7 Å². The number of anilines is 1. The Balaban J connectivity index is 1.61. The quantitative estimate of drug-likeness (QED) is 0.345. The van der Waals surface area contributed by atoms with Gasteiger partial charge in [-0.1, -0.05) is 39.0 Å². The molecule has 2 atom stereocenters. The maximum atomic E-state index is 13.5. The van der Waals surface area contributed by atoms with Gasteiger partial charge in [0.05, 0.1) is 19.3 Å². The summed E-state index contributed by atoms with van der Waals surface area (Å²) in [6, 6.07) is 14.4. The number of pyridine rings is 2. The lowest BCUT2D eigenvalue weighted by molar-refractivity contribution is -0.120. The molecule has 1 amide bonds. The van der Waals surface area contributed by atoms with Crippen molar-refractivity contribution in [2.24, 2.45) is 5.41 Å². The largest absolute Gasteiger partial charge is 0.481 e.